The van der Waals surface area contributed by atoms with Crippen LogP contribution in [0, 0.1) is 5.92 Å². The Labute approximate surface area is 95.3 Å². The zero-order valence-electron chi connectivity index (χ0n) is 9.22. The van der Waals surface area contributed by atoms with E-state index in [2.05, 4.69) is 0 Å². The number of nitrogens with zero attached hydrogens (tertiary/aromatic N) is 1. The number of sulfonamides is 1. The van der Waals surface area contributed by atoms with Crippen LogP contribution in [0.1, 0.15) is 19.1 Å². The SMILES string of the molecule is CC1CCN(S(=O)(=O)c2ccc(CN)o2)C1. The van der Waals surface area contributed by atoms with E-state index < -0.39 is 10.0 Å². The monoisotopic (exact) mass is 244 g/mol. The normalized spacial score (nSPS) is 22.8. The van der Waals surface area contributed by atoms with Gasteiger partial charge in [-0.3, -0.25) is 0 Å². The summed E-state index contributed by atoms with van der Waals surface area (Å²) in [6.07, 6.45) is 0.906. The zero-order valence-corrected chi connectivity index (χ0v) is 10.0. The molecular weight excluding hydrogens is 228 g/mol. The van der Waals surface area contributed by atoms with Gasteiger partial charge in [0.25, 0.3) is 10.0 Å². The van der Waals surface area contributed by atoms with Crippen LogP contribution >= 0.6 is 0 Å². The predicted molar refractivity (Wildman–Crippen MR) is 59.1 cm³/mol. The van der Waals surface area contributed by atoms with Crippen molar-refractivity contribution in [2.75, 3.05) is 13.1 Å². The van der Waals surface area contributed by atoms with E-state index in [1.165, 1.54) is 10.4 Å². The van der Waals surface area contributed by atoms with Crippen LogP contribution in [0.15, 0.2) is 21.6 Å². The first-order valence-corrected chi connectivity index (χ1v) is 6.77. The molecule has 0 aromatic carbocycles. The number of hydrogen-bond acceptors (Lipinski definition) is 4. The minimum absolute atomic E-state index is 0.00190. The maximum atomic E-state index is 12.1. The quantitative estimate of drug-likeness (QED) is 0.852. The van der Waals surface area contributed by atoms with E-state index in [1.807, 2.05) is 6.92 Å². The molecule has 1 aromatic rings. The average molecular weight is 244 g/mol. The summed E-state index contributed by atoms with van der Waals surface area (Å²) in [6, 6.07) is 3.08. The van der Waals surface area contributed by atoms with Crippen molar-refractivity contribution in [3.05, 3.63) is 17.9 Å². The second kappa shape index (κ2) is 4.20. The van der Waals surface area contributed by atoms with E-state index in [1.54, 1.807) is 6.07 Å². The van der Waals surface area contributed by atoms with Crippen LogP contribution in [0.3, 0.4) is 0 Å². The second-order valence-corrected chi connectivity index (χ2v) is 6.05. The average Bonchev–Trinajstić information content (AvgIpc) is 2.85. The van der Waals surface area contributed by atoms with Gasteiger partial charge in [-0.05, 0) is 24.5 Å². The molecule has 16 heavy (non-hydrogen) atoms. The molecule has 1 fully saturated rings. The van der Waals surface area contributed by atoms with Gasteiger partial charge in [0.05, 0.1) is 6.54 Å². The third-order valence-corrected chi connectivity index (χ3v) is 4.56. The Bertz CT molecular complexity index is 466. The lowest BCUT2D eigenvalue weighted by atomic mass is 10.2. The Morgan fingerprint density at radius 3 is 2.81 bits per heavy atom. The summed E-state index contributed by atoms with van der Waals surface area (Å²) in [4.78, 5) is 0. The van der Waals surface area contributed by atoms with Gasteiger partial charge in [-0.25, -0.2) is 8.42 Å². The number of furan rings is 1. The largest absolute Gasteiger partial charge is 0.447 e. The minimum Gasteiger partial charge on any atom is -0.447 e. The molecule has 0 saturated carbocycles. The van der Waals surface area contributed by atoms with Gasteiger partial charge in [-0.15, -0.1) is 0 Å². The van der Waals surface area contributed by atoms with Crippen molar-refractivity contribution in [2.45, 2.75) is 25.0 Å². The Balaban J connectivity index is 2.25. The van der Waals surface area contributed by atoms with Crippen molar-refractivity contribution in [3.63, 3.8) is 0 Å². The van der Waals surface area contributed by atoms with Crippen molar-refractivity contribution in [3.8, 4) is 0 Å². The molecule has 90 valence electrons. The van der Waals surface area contributed by atoms with Gasteiger partial charge >= 0.3 is 0 Å². The number of rotatable bonds is 3. The number of hydrogen-bond donors (Lipinski definition) is 1. The summed E-state index contributed by atoms with van der Waals surface area (Å²) >= 11 is 0. The molecule has 1 atom stereocenters. The smallest absolute Gasteiger partial charge is 0.276 e. The van der Waals surface area contributed by atoms with Gasteiger partial charge in [0.2, 0.25) is 5.09 Å². The van der Waals surface area contributed by atoms with Gasteiger partial charge in [-0.1, -0.05) is 6.92 Å². The van der Waals surface area contributed by atoms with Crippen molar-refractivity contribution in [1.82, 2.24) is 4.31 Å². The number of nitrogens with two attached hydrogens (primary N) is 1. The van der Waals surface area contributed by atoms with Crippen molar-refractivity contribution in [2.24, 2.45) is 11.7 Å². The van der Waals surface area contributed by atoms with E-state index in [0.29, 0.717) is 24.8 Å². The zero-order chi connectivity index (χ0) is 11.8. The lowest BCUT2D eigenvalue weighted by molar-refractivity contribution is 0.387. The molecule has 0 radical (unpaired) electrons. The molecule has 1 unspecified atom stereocenters. The Morgan fingerprint density at radius 2 is 2.31 bits per heavy atom. The first-order valence-electron chi connectivity index (χ1n) is 5.33. The highest BCUT2D eigenvalue weighted by Gasteiger charge is 2.32. The molecule has 1 aliphatic heterocycles. The Morgan fingerprint density at radius 1 is 1.56 bits per heavy atom. The maximum Gasteiger partial charge on any atom is 0.276 e. The Kier molecular flexibility index (Phi) is 3.05. The van der Waals surface area contributed by atoms with Crippen LogP contribution < -0.4 is 5.73 Å². The molecule has 0 aliphatic carbocycles. The first kappa shape index (κ1) is 11.6. The van der Waals surface area contributed by atoms with E-state index >= 15 is 0 Å². The van der Waals surface area contributed by atoms with Gasteiger partial charge in [0, 0.05) is 13.1 Å². The predicted octanol–water partition coefficient (Wildman–Crippen LogP) is 0.769. The molecule has 2 N–H and O–H groups in total. The standard InChI is InChI=1S/C10H16N2O3S/c1-8-4-5-12(7-8)16(13,14)10-3-2-9(6-11)15-10/h2-3,8H,4-7,11H2,1H3. The second-order valence-electron chi connectivity index (χ2n) is 4.18. The summed E-state index contributed by atoms with van der Waals surface area (Å²) in [6.45, 7) is 3.40. The lowest BCUT2D eigenvalue weighted by Crippen LogP contribution is -2.28. The molecule has 0 spiro atoms. The molecule has 6 heteroatoms. The van der Waals surface area contributed by atoms with Crippen LogP contribution in [-0.2, 0) is 16.6 Å². The third kappa shape index (κ3) is 2.00. The highest BCUT2D eigenvalue weighted by Crippen LogP contribution is 2.24. The highest BCUT2D eigenvalue weighted by molar-refractivity contribution is 7.89. The van der Waals surface area contributed by atoms with Crippen molar-refractivity contribution >= 4 is 10.0 Å². The molecule has 1 saturated heterocycles. The van der Waals surface area contributed by atoms with E-state index in [-0.39, 0.29) is 11.6 Å². The molecular formula is C10H16N2O3S. The molecule has 1 aliphatic rings. The molecule has 0 bridgehead atoms. The fraction of sp³-hybridized carbons (Fsp3) is 0.600. The fourth-order valence-electron chi connectivity index (χ4n) is 1.85. The van der Waals surface area contributed by atoms with Gasteiger partial charge < -0.3 is 10.2 Å². The summed E-state index contributed by atoms with van der Waals surface area (Å²) in [7, 11) is -3.45. The summed E-state index contributed by atoms with van der Waals surface area (Å²) in [5.41, 5.74) is 5.38. The lowest BCUT2D eigenvalue weighted by Gasteiger charge is -2.13. The fourth-order valence-corrected chi connectivity index (χ4v) is 3.35. The molecule has 5 nitrogen and oxygen atoms in total. The van der Waals surface area contributed by atoms with Crippen LogP contribution in [0.25, 0.3) is 0 Å². The van der Waals surface area contributed by atoms with Crippen molar-refractivity contribution in [1.29, 1.82) is 0 Å². The summed E-state index contributed by atoms with van der Waals surface area (Å²) in [5.74, 6) is 0.907. The van der Waals surface area contributed by atoms with Crippen LogP contribution in [0.2, 0.25) is 0 Å². The topological polar surface area (TPSA) is 76.5 Å². The highest BCUT2D eigenvalue weighted by atomic mass is 32.2. The van der Waals surface area contributed by atoms with Crippen molar-refractivity contribution < 1.29 is 12.8 Å². The third-order valence-electron chi connectivity index (χ3n) is 2.82. The molecule has 2 rings (SSSR count). The van der Waals surface area contributed by atoms with Gasteiger partial charge in [0.15, 0.2) is 0 Å². The van der Waals surface area contributed by atoms with Gasteiger partial charge in [-0.2, -0.15) is 4.31 Å². The van der Waals surface area contributed by atoms with Crippen LogP contribution in [0.4, 0.5) is 0 Å². The first-order chi connectivity index (χ1) is 7.54. The summed E-state index contributed by atoms with van der Waals surface area (Å²) in [5, 5.41) is 0.00190. The van der Waals surface area contributed by atoms with E-state index in [0.717, 1.165) is 6.42 Å². The van der Waals surface area contributed by atoms with Crippen LogP contribution in [0.5, 0.6) is 0 Å². The van der Waals surface area contributed by atoms with E-state index in [9.17, 15) is 8.42 Å². The molecule has 1 aromatic heterocycles. The van der Waals surface area contributed by atoms with Gasteiger partial charge in [0.1, 0.15) is 5.76 Å². The molecule has 2 heterocycles. The summed E-state index contributed by atoms with van der Waals surface area (Å²) < 4.78 is 30.9. The minimum atomic E-state index is -3.45. The maximum absolute atomic E-state index is 12.1. The van der Waals surface area contributed by atoms with E-state index in [4.69, 9.17) is 10.2 Å². The Hall–Kier alpha value is -0.850. The molecule has 0 amide bonds. The van der Waals surface area contributed by atoms with Crippen LogP contribution in [-0.4, -0.2) is 25.8 Å².